The number of amides is 1. The van der Waals surface area contributed by atoms with E-state index in [4.69, 9.17) is 13.7 Å². The Bertz CT molecular complexity index is 925. The van der Waals surface area contributed by atoms with Gasteiger partial charge in [-0.2, -0.15) is 8.42 Å². The van der Waals surface area contributed by atoms with Crippen molar-refractivity contribution in [3.05, 3.63) is 53.6 Å². The van der Waals surface area contributed by atoms with E-state index in [1.54, 1.807) is 54.5 Å². The number of carbonyl (C=O) groups excluding carboxylic acids is 1. The van der Waals surface area contributed by atoms with E-state index in [9.17, 15) is 13.2 Å². The van der Waals surface area contributed by atoms with Gasteiger partial charge < -0.3 is 18.6 Å². The summed E-state index contributed by atoms with van der Waals surface area (Å²) < 4.78 is 37.9. The lowest BCUT2D eigenvalue weighted by atomic mass is 10.1. The van der Waals surface area contributed by atoms with Crippen LogP contribution in [-0.2, 0) is 16.7 Å². The van der Waals surface area contributed by atoms with Gasteiger partial charge in [-0.15, -0.1) is 0 Å². The molecular formula is C21H27NO6S. The summed E-state index contributed by atoms with van der Waals surface area (Å²) in [6.07, 6.45) is 2.80. The highest BCUT2D eigenvalue weighted by Gasteiger charge is 2.20. The molecule has 0 aliphatic heterocycles. The van der Waals surface area contributed by atoms with Crippen molar-refractivity contribution in [3.63, 3.8) is 0 Å². The first-order chi connectivity index (χ1) is 13.8. The molecule has 2 aromatic rings. The van der Waals surface area contributed by atoms with Gasteiger partial charge in [-0.25, -0.2) is 0 Å². The van der Waals surface area contributed by atoms with Crippen molar-refractivity contribution in [1.82, 2.24) is 4.90 Å². The summed E-state index contributed by atoms with van der Waals surface area (Å²) in [5.74, 6) is 1.15. The molecule has 0 atom stereocenters. The molecule has 0 bridgehead atoms. The Morgan fingerprint density at radius 1 is 1.00 bits per heavy atom. The molecule has 0 fully saturated rings. The van der Waals surface area contributed by atoms with Gasteiger partial charge in [-0.3, -0.25) is 4.79 Å². The summed E-state index contributed by atoms with van der Waals surface area (Å²) in [5, 5.41) is 0. The van der Waals surface area contributed by atoms with Gasteiger partial charge in [0.15, 0.2) is 0 Å². The van der Waals surface area contributed by atoms with E-state index in [2.05, 4.69) is 6.92 Å². The Morgan fingerprint density at radius 2 is 1.66 bits per heavy atom. The first-order valence-corrected chi connectivity index (χ1v) is 11.1. The Morgan fingerprint density at radius 3 is 2.21 bits per heavy atom. The zero-order valence-electron chi connectivity index (χ0n) is 17.2. The zero-order valence-corrected chi connectivity index (χ0v) is 18.0. The molecule has 0 saturated carbocycles. The summed E-state index contributed by atoms with van der Waals surface area (Å²) in [4.78, 5) is 14.9. The number of methoxy groups -OCH3 is 2. The van der Waals surface area contributed by atoms with Gasteiger partial charge in [0.2, 0.25) is 0 Å². The summed E-state index contributed by atoms with van der Waals surface area (Å²) >= 11 is 0. The van der Waals surface area contributed by atoms with Crippen molar-refractivity contribution in [1.29, 1.82) is 0 Å². The molecule has 0 aromatic heterocycles. The molecule has 158 valence electrons. The largest absolute Gasteiger partial charge is 0.497 e. The lowest BCUT2D eigenvalue weighted by Gasteiger charge is -2.24. The van der Waals surface area contributed by atoms with Gasteiger partial charge in [-0.1, -0.05) is 25.5 Å². The quantitative estimate of drug-likeness (QED) is 0.546. The normalized spacial score (nSPS) is 11.0. The molecule has 8 heteroatoms. The molecule has 7 nitrogen and oxygen atoms in total. The van der Waals surface area contributed by atoms with E-state index in [0.29, 0.717) is 30.2 Å². The summed E-state index contributed by atoms with van der Waals surface area (Å²) in [6, 6.07) is 11.8. The molecule has 29 heavy (non-hydrogen) atoms. The number of unbranched alkanes of at least 4 members (excludes halogenated alkanes) is 1. The Kier molecular flexibility index (Phi) is 7.90. The maximum atomic E-state index is 13.2. The van der Waals surface area contributed by atoms with Crippen LogP contribution in [0.5, 0.6) is 17.2 Å². The smallest absolute Gasteiger partial charge is 0.306 e. The van der Waals surface area contributed by atoms with E-state index >= 15 is 0 Å². The van der Waals surface area contributed by atoms with Crippen LogP contribution in [0.15, 0.2) is 42.5 Å². The van der Waals surface area contributed by atoms with Crippen LogP contribution < -0.4 is 13.7 Å². The molecule has 0 unspecified atom stereocenters. The molecule has 0 aliphatic rings. The second-order valence-corrected chi connectivity index (χ2v) is 8.15. The SMILES string of the molecule is CCCCN(Cc1ccc(OS(C)(=O)=O)cc1)C(=O)c1ccc(OC)cc1OC. The van der Waals surface area contributed by atoms with Crippen LogP contribution in [0.25, 0.3) is 0 Å². The minimum atomic E-state index is -3.58. The fourth-order valence-electron chi connectivity index (χ4n) is 2.79. The average molecular weight is 422 g/mol. The summed E-state index contributed by atoms with van der Waals surface area (Å²) in [5.41, 5.74) is 1.32. The Labute approximate surface area is 172 Å². The first kappa shape index (κ1) is 22.5. The zero-order chi connectivity index (χ0) is 21.4. The summed E-state index contributed by atoms with van der Waals surface area (Å²) in [7, 11) is -0.504. The molecular weight excluding hydrogens is 394 g/mol. The lowest BCUT2D eigenvalue weighted by Crippen LogP contribution is -2.31. The molecule has 0 saturated heterocycles. The minimum Gasteiger partial charge on any atom is -0.497 e. The van der Waals surface area contributed by atoms with Crippen LogP contribution in [0.2, 0.25) is 0 Å². The maximum Gasteiger partial charge on any atom is 0.306 e. The third kappa shape index (κ3) is 6.67. The number of hydrogen-bond acceptors (Lipinski definition) is 6. The highest BCUT2D eigenvalue weighted by molar-refractivity contribution is 7.86. The van der Waals surface area contributed by atoms with Gasteiger partial charge in [0, 0.05) is 19.2 Å². The third-order valence-corrected chi connectivity index (χ3v) is 4.75. The van der Waals surface area contributed by atoms with E-state index in [1.165, 1.54) is 7.11 Å². The minimum absolute atomic E-state index is 0.144. The lowest BCUT2D eigenvalue weighted by molar-refractivity contribution is 0.0737. The van der Waals surface area contributed by atoms with Gasteiger partial charge in [-0.05, 0) is 36.2 Å². The first-order valence-electron chi connectivity index (χ1n) is 9.27. The van der Waals surface area contributed by atoms with Gasteiger partial charge in [0.25, 0.3) is 5.91 Å². The van der Waals surface area contributed by atoms with Gasteiger partial charge in [0.05, 0.1) is 26.0 Å². The van der Waals surface area contributed by atoms with Crippen molar-refractivity contribution in [2.45, 2.75) is 26.3 Å². The monoisotopic (exact) mass is 421 g/mol. The Hall–Kier alpha value is -2.74. The topological polar surface area (TPSA) is 82.1 Å². The number of benzene rings is 2. The Balaban J connectivity index is 2.24. The molecule has 0 spiro atoms. The maximum absolute atomic E-state index is 13.2. The van der Waals surface area contributed by atoms with Crippen LogP contribution in [0.3, 0.4) is 0 Å². The van der Waals surface area contributed by atoms with E-state index in [1.807, 2.05) is 0 Å². The number of ether oxygens (including phenoxy) is 2. The standard InChI is InChI=1S/C21H27NO6S/c1-5-6-13-22(15-16-7-9-17(10-8-16)28-29(4,24)25)21(23)19-12-11-18(26-2)14-20(19)27-3/h7-12,14H,5-6,13,15H2,1-4H3. The highest BCUT2D eigenvalue weighted by atomic mass is 32.2. The van der Waals surface area contributed by atoms with Crippen LogP contribution >= 0.6 is 0 Å². The fraction of sp³-hybridized carbons (Fsp3) is 0.381. The van der Waals surface area contributed by atoms with Crippen LogP contribution in [0.1, 0.15) is 35.7 Å². The molecule has 0 radical (unpaired) electrons. The average Bonchev–Trinajstić information content (AvgIpc) is 2.70. The molecule has 0 N–H and O–H groups in total. The molecule has 2 aromatic carbocycles. The third-order valence-electron chi connectivity index (χ3n) is 4.25. The summed E-state index contributed by atoms with van der Waals surface area (Å²) in [6.45, 7) is 3.03. The van der Waals surface area contributed by atoms with Crippen molar-refractivity contribution >= 4 is 16.0 Å². The van der Waals surface area contributed by atoms with Crippen LogP contribution in [-0.4, -0.2) is 46.2 Å². The molecule has 0 heterocycles. The number of nitrogens with zero attached hydrogens (tertiary/aromatic N) is 1. The molecule has 2 rings (SSSR count). The molecule has 1 amide bonds. The van der Waals surface area contributed by atoms with Gasteiger partial charge in [0.1, 0.15) is 17.2 Å². The van der Waals surface area contributed by atoms with Crippen molar-refractivity contribution in [3.8, 4) is 17.2 Å². The molecule has 0 aliphatic carbocycles. The van der Waals surface area contributed by atoms with Crippen molar-refractivity contribution < 1.29 is 26.9 Å². The second kappa shape index (κ2) is 10.2. The van der Waals surface area contributed by atoms with Gasteiger partial charge >= 0.3 is 10.1 Å². The van der Waals surface area contributed by atoms with Crippen molar-refractivity contribution in [2.75, 3.05) is 27.0 Å². The van der Waals surface area contributed by atoms with Crippen LogP contribution in [0, 0.1) is 0 Å². The van der Waals surface area contributed by atoms with E-state index < -0.39 is 10.1 Å². The highest BCUT2D eigenvalue weighted by Crippen LogP contribution is 2.26. The number of rotatable bonds is 10. The number of hydrogen-bond donors (Lipinski definition) is 0. The predicted molar refractivity (Wildman–Crippen MR) is 111 cm³/mol. The second-order valence-electron chi connectivity index (χ2n) is 6.58. The van der Waals surface area contributed by atoms with E-state index in [0.717, 1.165) is 24.7 Å². The fourth-order valence-corrected chi connectivity index (χ4v) is 3.25. The predicted octanol–water partition coefficient (Wildman–Crippen LogP) is 3.48. The van der Waals surface area contributed by atoms with Crippen molar-refractivity contribution in [2.24, 2.45) is 0 Å². The van der Waals surface area contributed by atoms with Crippen LogP contribution in [0.4, 0.5) is 0 Å². The number of carbonyl (C=O) groups is 1. The van der Waals surface area contributed by atoms with E-state index in [-0.39, 0.29) is 11.7 Å².